The first kappa shape index (κ1) is 28.1. The molecular formula is C46H32N2S. The van der Waals surface area contributed by atoms with Gasteiger partial charge in [0, 0.05) is 48.3 Å². The molecule has 0 spiro atoms. The third-order valence-electron chi connectivity index (χ3n) is 10.1. The maximum atomic E-state index is 2.53. The summed E-state index contributed by atoms with van der Waals surface area (Å²) in [6, 6.07) is 60.1. The number of hydrogen-bond acceptors (Lipinski definition) is 2. The molecule has 9 aromatic rings. The molecule has 3 heteroatoms. The van der Waals surface area contributed by atoms with Crippen LogP contribution in [-0.4, -0.2) is 10.6 Å². The summed E-state index contributed by atoms with van der Waals surface area (Å²) in [7, 11) is 0. The molecule has 1 aliphatic carbocycles. The molecule has 0 saturated heterocycles. The first-order valence-corrected chi connectivity index (χ1v) is 17.8. The summed E-state index contributed by atoms with van der Waals surface area (Å²) < 4.78 is 5.09. The van der Waals surface area contributed by atoms with Gasteiger partial charge in [-0.1, -0.05) is 109 Å². The minimum absolute atomic E-state index is 0.142. The molecule has 10 rings (SSSR count). The third-order valence-corrected chi connectivity index (χ3v) is 11.3. The normalized spacial score (nSPS) is 14.2. The zero-order valence-corrected chi connectivity index (χ0v) is 27.6. The van der Waals surface area contributed by atoms with Crippen molar-refractivity contribution in [3.05, 3.63) is 181 Å². The average Bonchev–Trinajstić information content (AvgIpc) is 3.71. The molecule has 0 bridgehead atoms. The highest BCUT2D eigenvalue weighted by Crippen LogP contribution is 2.40. The standard InChI is InChI=1S/C46H32N2S/c1-2-12-35(13-3-1)48-43-16-8-6-14-39(43)41-30-38(25-26-44(41)48)47(37-24-20-31-10-4-5-11-33(31)28-37)36-22-18-32(19-23-36)34-21-27-46-42(29-34)40-15-7-9-17-45(40)49-46/h1-29,38H,30H2. The molecule has 7 aromatic carbocycles. The topological polar surface area (TPSA) is 8.17 Å². The van der Waals surface area contributed by atoms with Crippen molar-refractivity contribution in [3.63, 3.8) is 0 Å². The van der Waals surface area contributed by atoms with E-state index in [2.05, 4.69) is 185 Å². The van der Waals surface area contributed by atoms with E-state index < -0.39 is 0 Å². The van der Waals surface area contributed by atoms with Gasteiger partial charge in [0.15, 0.2) is 0 Å². The van der Waals surface area contributed by atoms with E-state index in [0.29, 0.717) is 0 Å². The zero-order valence-electron chi connectivity index (χ0n) is 26.8. The molecule has 2 aromatic heterocycles. The molecule has 1 atom stereocenters. The Bertz CT molecular complexity index is 2700. The van der Waals surface area contributed by atoms with Gasteiger partial charge in [-0.3, -0.25) is 0 Å². The highest BCUT2D eigenvalue weighted by atomic mass is 32.1. The molecule has 49 heavy (non-hydrogen) atoms. The SMILES string of the molecule is C1=CC(N(c2ccc(-c3ccc4sc5ccccc5c4c3)cc2)c2ccc3ccccc3c2)Cc2c1n(-c1ccccc1)c1ccccc21. The van der Waals surface area contributed by atoms with Gasteiger partial charge >= 0.3 is 0 Å². The highest BCUT2D eigenvalue weighted by Gasteiger charge is 2.27. The van der Waals surface area contributed by atoms with Gasteiger partial charge in [-0.15, -0.1) is 11.3 Å². The first-order chi connectivity index (χ1) is 24.3. The van der Waals surface area contributed by atoms with E-state index in [1.165, 1.54) is 81.3 Å². The lowest BCUT2D eigenvalue weighted by Gasteiger charge is -2.34. The summed E-state index contributed by atoms with van der Waals surface area (Å²) in [6.45, 7) is 0. The van der Waals surface area contributed by atoms with Crippen LogP contribution < -0.4 is 4.90 Å². The quantitative estimate of drug-likeness (QED) is 0.181. The minimum atomic E-state index is 0.142. The molecule has 232 valence electrons. The molecule has 0 aliphatic heterocycles. The van der Waals surface area contributed by atoms with E-state index in [1.807, 2.05) is 11.3 Å². The van der Waals surface area contributed by atoms with Crippen molar-refractivity contribution in [1.29, 1.82) is 0 Å². The van der Waals surface area contributed by atoms with E-state index in [4.69, 9.17) is 0 Å². The number of thiophene rings is 1. The molecule has 1 unspecified atom stereocenters. The Hall–Kier alpha value is -5.90. The Morgan fingerprint density at radius 1 is 0.531 bits per heavy atom. The maximum absolute atomic E-state index is 2.53. The number of rotatable bonds is 5. The predicted octanol–water partition coefficient (Wildman–Crippen LogP) is 12.6. The average molecular weight is 645 g/mol. The second-order valence-electron chi connectivity index (χ2n) is 12.9. The van der Waals surface area contributed by atoms with E-state index in [0.717, 1.165) is 6.42 Å². The molecule has 0 radical (unpaired) electrons. The van der Waals surface area contributed by atoms with Crippen LogP contribution in [0.5, 0.6) is 0 Å². The van der Waals surface area contributed by atoms with Crippen molar-refractivity contribution in [3.8, 4) is 16.8 Å². The smallest absolute Gasteiger partial charge is 0.0567 e. The molecular weight excluding hydrogens is 613 g/mol. The molecule has 0 N–H and O–H groups in total. The summed E-state index contributed by atoms with van der Waals surface area (Å²) in [4.78, 5) is 2.53. The first-order valence-electron chi connectivity index (χ1n) is 16.9. The van der Waals surface area contributed by atoms with Crippen LogP contribution in [-0.2, 0) is 6.42 Å². The monoisotopic (exact) mass is 644 g/mol. The van der Waals surface area contributed by atoms with Gasteiger partial charge in [0.2, 0.25) is 0 Å². The molecule has 2 heterocycles. The van der Waals surface area contributed by atoms with E-state index in [1.54, 1.807) is 0 Å². The van der Waals surface area contributed by atoms with Gasteiger partial charge in [-0.2, -0.15) is 0 Å². The van der Waals surface area contributed by atoms with Crippen molar-refractivity contribution in [2.45, 2.75) is 12.5 Å². The van der Waals surface area contributed by atoms with Gasteiger partial charge in [0.25, 0.3) is 0 Å². The number of nitrogens with zero attached hydrogens (tertiary/aromatic N) is 2. The van der Waals surface area contributed by atoms with Crippen molar-refractivity contribution in [2.24, 2.45) is 0 Å². The van der Waals surface area contributed by atoms with Gasteiger partial charge in [-0.25, -0.2) is 0 Å². The van der Waals surface area contributed by atoms with Gasteiger partial charge in [-0.05, 0) is 101 Å². The molecule has 1 aliphatic rings. The Kier molecular flexibility index (Phi) is 6.53. The van der Waals surface area contributed by atoms with Crippen LogP contribution in [0.1, 0.15) is 11.3 Å². The fourth-order valence-corrected chi connectivity index (χ4v) is 8.89. The zero-order chi connectivity index (χ0) is 32.3. The summed E-state index contributed by atoms with van der Waals surface area (Å²) >= 11 is 1.87. The molecule has 2 nitrogen and oxygen atoms in total. The summed E-state index contributed by atoms with van der Waals surface area (Å²) in [6.07, 6.45) is 5.65. The Labute approximate surface area is 289 Å². The van der Waals surface area contributed by atoms with Crippen LogP contribution in [0.15, 0.2) is 170 Å². The number of benzene rings is 7. The maximum Gasteiger partial charge on any atom is 0.0567 e. The van der Waals surface area contributed by atoms with Crippen molar-refractivity contribution < 1.29 is 0 Å². The lowest BCUT2D eigenvalue weighted by atomic mass is 9.94. The summed E-state index contributed by atoms with van der Waals surface area (Å²) in [5.41, 5.74) is 9.97. The predicted molar refractivity (Wildman–Crippen MR) is 211 cm³/mol. The fourth-order valence-electron chi connectivity index (χ4n) is 7.81. The minimum Gasteiger partial charge on any atom is -0.334 e. The number of anilines is 2. The van der Waals surface area contributed by atoms with Crippen LogP contribution >= 0.6 is 11.3 Å². The third kappa shape index (κ3) is 4.69. The highest BCUT2D eigenvalue weighted by molar-refractivity contribution is 7.25. The Morgan fingerprint density at radius 2 is 1.22 bits per heavy atom. The largest absolute Gasteiger partial charge is 0.334 e. The van der Waals surface area contributed by atoms with Crippen LogP contribution in [0.2, 0.25) is 0 Å². The van der Waals surface area contributed by atoms with Gasteiger partial charge < -0.3 is 9.47 Å². The second kappa shape index (κ2) is 11.4. The molecule has 0 amide bonds. The van der Waals surface area contributed by atoms with Gasteiger partial charge in [0.1, 0.15) is 0 Å². The summed E-state index contributed by atoms with van der Waals surface area (Å²) in [5, 5.41) is 6.49. The van der Waals surface area contributed by atoms with Crippen LogP contribution in [0.3, 0.4) is 0 Å². The van der Waals surface area contributed by atoms with E-state index in [9.17, 15) is 0 Å². The van der Waals surface area contributed by atoms with Crippen molar-refractivity contribution in [2.75, 3.05) is 4.90 Å². The summed E-state index contributed by atoms with van der Waals surface area (Å²) in [5.74, 6) is 0. The Morgan fingerprint density at radius 3 is 2.10 bits per heavy atom. The van der Waals surface area contributed by atoms with Crippen molar-refractivity contribution >= 4 is 70.6 Å². The van der Waals surface area contributed by atoms with Crippen LogP contribution in [0.25, 0.3) is 64.7 Å². The second-order valence-corrected chi connectivity index (χ2v) is 14.0. The van der Waals surface area contributed by atoms with E-state index in [-0.39, 0.29) is 6.04 Å². The number of fused-ring (bicyclic) bond motifs is 7. The van der Waals surface area contributed by atoms with Gasteiger partial charge in [0.05, 0.1) is 11.6 Å². The van der Waals surface area contributed by atoms with Crippen LogP contribution in [0.4, 0.5) is 11.4 Å². The lowest BCUT2D eigenvalue weighted by Crippen LogP contribution is -2.33. The van der Waals surface area contributed by atoms with Crippen molar-refractivity contribution in [1.82, 2.24) is 4.57 Å². The fraction of sp³-hybridized carbons (Fsp3) is 0.0435. The number of aromatic nitrogens is 1. The number of hydrogen-bond donors (Lipinski definition) is 0. The lowest BCUT2D eigenvalue weighted by molar-refractivity contribution is 0.767. The number of para-hydroxylation sites is 2. The van der Waals surface area contributed by atoms with E-state index >= 15 is 0 Å². The molecule has 0 fully saturated rings. The van der Waals surface area contributed by atoms with Crippen LogP contribution in [0, 0.1) is 0 Å². The molecule has 0 saturated carbocycles. The Balaban J connectivity index is 1.08.